The number of para-hydroxylation sites is 1. The standard InChI is InChI=1S/C32H29N9O3S/c1-38(2)17-7-12-26(42)39(3)22-8-6-9-23(18-22)41-29-27(28(33)34-19-35-29)40(32(41)44)21-15-13-20(14-16-21)30(43)37-31-36-24-10-4-5-11-25(24)45-31/h4-16,18-19H,17H2,1-3H3,(H2,33,34,35)(H,36,37,43)/b12-7+. The monoisotopic (exact) mass is 619 g/mol. The second kappa shape index (κ2) is 12.1. The molecule has 0 spiro atoms. The molecule has 3 N–H and O–H groups in total. The Morgan fingerprint density at radius 1 is 0.956 bits per heavy atom. The maximum atomic E-state index is 14.0. The fourth-order valence-corrected chi connectivity index (χ4v) is 5.68. The Kier molecular flexibility index (Phi) is 7.94. The van der Waals surface area contributed by atoms with E-state index >= 15 is 0 Å². The number of likely N-dealkylation sites (N-methyl/N-ethyl adjacent to an activating group) is 2. The number of carbonyl (C=O) groups excluding carboxylic acids is 2. The fraction of sp³-hybridized carbons (Fsp3) is 0.125. The van der Waals surface area contributed by atoms with Gasteiger partial charge in [0.15, 0.2) is 16.6 Å². The SMILES string of the molecule is CN(C)C/C=C/C(=O)N(C)c1cccc(-n2c(=O)n(-c3ccc(C(=O)Nc4nc5ccccc5s4)cc3)c3c(N)ncnc32)c1. The van der Waals surface area contributed by atoms with E-state index < -0.39 is 5.69 Å². The zero-order valence-corrected chi connectivity index (χ0v) is 25.5. The highest BCUT2D eigenvalue weighted by Crippen LogP contribution is 2.27. The molecule has 13 heteroatoms. The molecule has 6 aromatic rings. The number of nitrogens with one attached hydrogen (secondary N) is 1. The molecule has 45 heavy (non-hydrogen) atoms. The number of anilines is 3. The molecule has 226 valence electrons. The third-order valence-corrected chi connectivity index (χ3v) is 8.04. The van der Waals surface area contributed by atoms with Gasteiger partial charge in [-0.25, -0.2) is 24.3 Å². The zero-order valence-electron chi connectivity index (χ0n) is 24.7. The summed E-state index contributed by atoms with van der Waals surface area (Å²) >= 11 is 1.39. The van der Waals surface area contributed by atoms with Crippen LogP contribution in [0.5, 0.6) is 0 Å². The Labute approximate surface area is 261 Å². The largest absolute Gasteiger partial charge is 0.382 e. The Balaban J connectivity index is 1.33. The minimum atomic E-state index is -0.444. The van der Waals surface area contributed by atoms with E-state index in [-0.39, 0.29) is 17.6 Å². The highest BCUT2D eigenvalue weighted by molar-refractivity contribution is 7.22. The Morgan fingerprint density at radius 3 is 2.49 bits per heavy atom. The summed E-state index contributed by atoms with van der Waals surface area (Å²) in [5, 5.41) is 3.34. The quantitative estimate of drug-likeness (QED) is 0.243. The molecule has 3 heterocycles. The molecule has 3 aromatic carbocycles. The Morgan fingerprint density at radius 2 is 1.73 bits per heavy atom. The van der Waals surface area contributed by atoms with E-state index in [4.69, 9.17) is 5.73 Å². The number of nitrogens with zero attached hydrogens (tertiary/aromatic N) is 7. The number of rotatable bonds is 8. The van der Waals surface area contributed by atoms with E-state index in [2.05, 4.69) is 20.3 Å². The molecule has 0 aliphatic rings. The minimum absolute atomic E-state index is 0.114. The second-order valence-corrected chi connectivity index (χ2v) is 11.5. The molecule has 0 radical (unpaired) electrons. The highest BCUT2D eigenvalue weighted by atomic mass is 32.1. The summed E-state index contributed by atoms with van der Waals surface area (Å²) in [5.74, 6) is -0.420. The number of hydrogen-bond acceptors (Lipinski definition) is 9. The van der Waals surface area contributed by atoms with Crippen LogP contribution in [0.25, 0.3) is 32.8 Å². The number of hydrogen-bond donors (Lipinski definition) is 2. The molecule has 0 saturated carbocycles. The molecule has 12 nitrogen and oxygen atoms in total. The second-order valence-electron chi connectivity index (χ2n) is 10.5. The van der Waals surface area contributed by atoms with E-state index in [0.29, 0.717) is 45.5 Å². The van der Waals surface area contributed by atoms with Crippen molar-refractivity contribution in [2.45, 2.75) is 0 Å². The van der Waals surface area contributed by atoms with Gasteiger partial charge in [0.2, 0.25) is 5.91 Å². The summed E-state index contributed by atoms with van der Waals surface area (Å²) in [6.07, 6.45) is 4.60. The first-order chi connectivity index (χ1) is 21.7. The Hall–Kier alpha value is -5.66. The van der Waals surface area contributed by atoms with Crippen LogP contribution in [0.3, 0.4) is 0 Å². The summed E-state index contributed by atoms with van der Waals surface area (Å²) < 4.78 is 3.80. The maximum absolute atomic E-state index is 14.0. The third kappa shape index (κ3) is 5.81. The van der Waals surface area contributed by atoms with Crippen molar-refractivity contribution in [2.75, 3.05) is 43.6 Å². The van der Waals surface area contributed by atoms with Crippen molar-refractivity contribution in [2.24, 2.45) is 0 Å². The molecule has 6 rings (SSSR count). The average Bonchev–Trinajstić information content (AvgIpc) is 3.58. The number of nitrogen functional groups attached to an aromatic ring is 1. The number of benzene rings is 3. The van der Waals surface area contributed by atoms with Gasteiger partial charge in [-0.05, 0) is 68.7 Å². The summed E-state index contributed by atoms with van der Waals surface area (Å²) in [7, 11) is 5.51. The van der Waals surface area contributed by atoms with Crippen molar-refractivity contribution in [1.29, 1.82) is 0 Å². The van der Waals surface area contributed by atoms with Gasteiger partial charge >= 0.3 is 5.69 Å². The minimum Gasteiger partial charge on any atom is -0.382 e. The number of nitrogens with two attached hydrogens (primary N) is 1. The van der Waals surface area contributed by atoms with Crippen LogP contribution in [0, 0.1) is 0 Å². The van der Waals surface area contributed by atoms with Crippen LogP contribution in [0.1, 0.15) is 10.4 Å². The van der Waals surface area contributed by atoms with E-state index in [1.807, 2.05) is 43.3 Å². The molecular formula is C32H29N9O3S. The lowest BCUT2D eigenvalue weighted by molar-refractivity contribution is -0.113. The number of imidazole rings is 1. The van der Waals surface area contributed by atoms with Crippen LogP contribution >= 0.6 is 11.3 Å². The fourth-order valence-electron chi connectivity index (χ4n) is 4.82. The normalized spacial score (nSPS) is 11.6. The predicted octanol–water partition coefficient (Wildman–Crippen LogP) is 4.10. The van der Waals surface area contributed by atoms with Crippen molar-refractivity contribution < 1.29 is 9.59 Å². The number of thiazole rings is 1. The summed E-state index contributed by atoms with van der Waals surface area (Å²) in [6, 6.07) is 21.2. The molecule has 0 bridgehead atoms. The van der Waals surface area contributed by atoms with Gasteiger partial charge in [-0.1, -0.05) is 35.6 Å². The first-order valence-corrected chi connectivity index (χ1v) is 14.7. The van der Waals surface area contributed by atoms with Crippen LogP contribution < -0.4 is 21.6 Å². The molecule has 3 aromatic heterocycles. The predicted molar refractivity (Wildman–Crippen MR) is 178 cm³/mol. The van der Waals surface area contributed by atoms with Crippen molar-refractivity contribution in [3.63, 3.8) is 0 Å². The summed E-state index contributed by atoms with van der Waals surface area (Å²) in [5.41, 5.74) is 9.19. The first-order valence-electron chi connectivity index (χ1n) is 13.9. The third-order valence-electron chi connectivity index (χ3n) is 7.09. The maximum Gasteiger partial charge on any atom is 0.339 e. The van der Waals surface area contributed by atoms with Crippen LogP contribution in [0.2, 0.25) is 0 Å². The molecule has 0 aliphatic heterocycles. The average molecular weight is 620 g/mol. The molecule has 0 atom stereocenters. The number of carbonyl (C=O) groups is 2. The van der Waals surface area contributed by atoms with Gasteiger partial charge < -0.3 is 15.5 Å². The lowest BCUT2D eigenvalue weighted by atomic mass is 10.2. The van der Waals surface area contributed by atoms with Crippen LogP contribution in [-0.4, -0.2) is 68.5 Å². The molecule has 0 unspecified atom stereocenters. The molecular weight excluding hydrogens is 590 g/mol. The van der Waals surface area contributed by atoms with E-state index in [9.17, 15) is 14.4 Å². The summed E-state index contributed by atoms with van der Waals surface area (Å²) in [4.78, 5) is 56.2. The van der Waals surface area contributed by atoms with Crippen LogP contribution in [0.4, 0.5) is 16.6 Å². The van der Waals surface area contributed by atoms with E-state index in [1.54, 1.807) is 61.7 Å². The van der Waals surface area contributed by atoms with E-state index in [0.717, 1.165) is 10.2 Å². The number of amides is 2. The molecule has 2 amide bonds. The molecule has 0 aliphatic carbocycles. The molecule has 0 saturated heterocycles. The van der Waals surface area contributed by atoms with Gasteiger partial charge in [0, 0.05) is 30.9 Å². The lowest BCUT2D eigenvalue weighted by Gasteiger charge is -2.16. The number of fused-ring (bicyclic) bond motifs is 2. The highest BCUT2D eigenvalue weighted by Gasteiger charge is 2.21. The van der Waals surface area contributed by atoms with Gasteiger partial charge in [0.1, 0.15) is 11.8 Å². The van der Waals surface area contributed by atoms with Crippen molar-refractivity contribution in [3.05, 3.63) is 107 Å². The van der Waals surface area contributed by atoms with Crippen LogP contribution in [-0.2, 0) is 4.79 Å². The topological polar surface area (TPSA) is 144 Å². The van der Waals surface area contributed by atoms with Gasteiger partial charge in [-0.2, -0.15) is 0 Å². The van der Waals surface area contributed by atoms with Crippen molar-refractivity contribution in [3.8, 4) is 11.4 Å². The first kappa shape index (κ1) is 29.4. The zero-order chi connectivity index (χ0) is 31.7. The van der Waals surface area contributed by atoms with E-state index in [1.165, 1.54) is 37.8 Å². The van der Waals surface area contributed by atoms with Crippen molar-refractivity contribution in [1.82, 2.24) is 29.0 Å². The lowest BCUT2D eigenvalue weighted by Crippen LogP contribution is -2.25. The van der Waals surface area contributed by atoms with Gasteiger partial charge in [-0.3, -0.25) is 19.5 Å². The Bertz CT molecular complexity index is 2110. The summed E-state index contributed by atoms with van der Waals surface area (Å²) in [6.45, 7) is 0.629. The van der Waals surface area contributed by atoms with Gasteiger partial charge in [0.25, 0.3) is 5.91 Å². The van der Waals surface area contributed by atoms with Crippen molar-refractivity contribution >= 4 is 61.2 Å². The van der Waals surface area contributed by atoms with Gasteiger partial charge in [-0.15, -0.1) is 0 Å². The molecule has 0 fully saturated rings. The van der Waals surface area contributed by atoms with Crippen LogP contribution in [0.15, 0.2) is 96.1 Å². The smallest absolute Gasteiger partial charge is 0.339 e. The van der Waals surface area contributed by atoms with Gasteiger partial charge in [0.05, 0.1) is 21.6 Å². The number of aromatic nitrogens is 5.